The van der Waals surface area contributed by atoms with Gasteiger partial charge in [-0.05, 0) is 11.1 Å². The second kappa shape index (κ2) is 9.01. The number of nitrogen functional groups attached to an aromatic ring is 3. The molecule has 0 amide bonds. The zero-order valence-electron chi connectivity index (χ0n) is 13.4. The molecule has 0 atom stereocenters. The van der Waals surface area contributed by atoms with E-state index in [1.807, 2.05) is 36.4 Å². The minimum Gasteiger partial charge on any atom is -0.394 e. The summed E-state index contributed by atoms with van der Waals surface area (Å²) in [5.74, 6) is 0.562. The van der Waals surface area contributed by atoms with Crippen LogP contribution in [-0.4, -0.2) is 4.98 Å². The summed E-state index contributed by atoms with van der Waals surface area (Å²) >= 11 is 0. The van der Waals surface area contributed by atoms with Gasteiger partial charge >= 0.3 is 0 Å². The van der Waals surface area contributed by atoms with E-state index in [2.05, 4.69) is 34.6 Å². The molecular formula is C18H21Cl2N5. The molecule has 3 aromatic rings. The molecule has 0 bridgehead atoms. The summed E-state index contributed by atoms with van der Waals surface area (Å²) in [5.41, 5.74) is 21.0. The maximum atomic E-state index is 6.05. The van der Waals surface area contributed by atoms with E-state index in [9.17, 15) is 0 Å². The molecule has 0 saturated carbocycles. The molecule has 7 N–H and O–H groups in total. The third-order valence-electron chi connectivity index (χ3n) is 3.67. The van der Waals surface area contributed by atoms with Crippen LogP contribution in [0.1, 0.15) is 17.2 Å². The van der Waals surface area contributed by atoms with Crippen LogP contribution < -0.4 is 22.5 Å². The molecule has 0 aliphatic carbocycles. The van der Waals surface area contributed by atoms with Gasteiger partial charge in [-0.1, -0.05) is 60.7 Å². The summed E-state index contributed by atoms with van der Waals surface area (Å²) in [6.07, 6.45) is 0. The Bertz CT molecular complexity index is 758. The fraction of sp³-hybridized carbons (Fsp3) is 0.0556. The summed E-state index contributed by atoms with van der Waals surface area (Å²) in [6, 6.07) is 21.9. The fourth-order valence-electron chi connectivity index (χ4n) is 2.52. The Morgan fingerprint density at radius 1 is 0.760 bits per heavy atom. The maximum absolute atomic E-state index is 6.05. The van der Waals surface area contributed by atoms with E-state index in [1.165, 1.54) is 0 Å². The van der Waals surface area contributed by atoms with E-state index >= 15 is 0 Å². The minimum atomic E-state index is -0.0686. The summed E-state index contributed by atoms with van der Waals surface area (Å²) in [5, 5.41) is 3.44. The van der Waals surface area contributed by atoms with Crippen molar-refractivity contribution in [3.05, 3.63) is 77.9 Å². The summed E-state index contributed by atoms with van der Waals surface area (Å²) < 4.78 is 0. The van der Waals surface area contributed by atoms with E-state index < -0.39 is 0 Å². The van der Waals surface area contributed by atoms with Crippen molar-refractivity contribution in [1.82, 2.24) is 4.98 Å². The maximum Gasteiger partial charge on any atom is 0.151 e. The van der Waals surface area contributed by atoms with E-state index in [0.717, 1.165) is 11.1 Å². The molecule has 1 heterocycles. The quantitative estimate of drug-likeness (QED) is 0.552. The van der Waals surface area contributed by atoms with Gasteiger partial charge in [-0.2, -0.15) is 0 Å². The van der Waals surface area contributed by atoms with Crippen molar-refractivity contribution in [3.63, 3.8) is 0 Å². The second-order valence-corrected chi connectivity index (χ2v) is 5.29. The van der Waals surface area contributed by atoms with Crippen molar-refractivity contribution in [2.75, 3.05) is 22.5 Å². The predicted octanol–water partition coefficient (Wildman–Crippen LogP) is 3.87. The van der Waals surface area contributed by atoms with Crippen molar-refractivity contribution in [2.45, 2.75) is 6.04 Å². The van der Waals surface area contributed by atoms with Crippen LogP contribution in [0.4, 0.5) is 23.0 Å². The Morgan fingerprint density at radius 2 is 1.24 bits per heavy atom. The van der Waals surface area contributed by atoms with Crippen LogP contribution >= 0.6 is 24.8 Å². The van der Waals surface area contributed by atoms with Crippen LogP contribution in [0.3, 0.4) is 0 Å². The lowest BCUT2D eigenvalue weighted by molar-refractivity contribution is 0.939. The Labute approximate surface area is 159 Å². The molecule has 0 aliphatic heterocycles. The highest BCUT2D eigenvalue weighted by Gasteiger charge is 2.16. The first kappa shape index (κ1) is 20.4. The number of halogens is 2. The van der Waals surface area contributed by atoms with Gasteiger partial charge in [-0.15, -0.1) is 24.8 Å². The number of aromatic nitrogens is 1. The third-order valence-corrected chi connectivity index (χ3v) is 3.67. The molecule has 0 aliphatic rings. The van der Waals surface area contributed by atoms with Gasteiger partial charge in [0.1, 0.15) is 5.82 Å². The number of pyridine rings is 1. The average Bonchev–Trinajstić information content (AvgIpc) is 2.58. The molecule has 7 heteroatoms. The lowest BCUT2D eigenvalue weighted by atomic mass is 9.98. The smallest absolute Gasteiger partial charge is 0.151 e. The molecule has 0 radical (unpaired) electrons. The van der Waals surface area contributed by atoms with Crippen molar-refractivity contribution in [2.24, 2.45) is 0 Å². The van der Waals surface area contributed by atoms with Crippen LogP contribution in [0, 0.1) is 0 Å². The molecule has 132 valence electrons. The first-order valence-corrected chi connectivity index (χ1v) is 7.33. The molecule has 0 unspecified atom stereocenters. The van der Waals surface area contributed by atoms with Crippen LogP contribution in [0.5, 0.6) is 0 Å². The molecule has 25 heavy (non-hydrogen) atoms. The zero-order valence-corrected chi connectivity index (χ0v) is 15.1. The molecule has 0 saturated heterocycles. The fourth-order valence-corrected chi connectivity index (χ4v) is 2.52. The lowest BCUT2D eigenvalue weighted by Crippen LogP contribution is -2.15. The monoisotopic (exact) mass is 377 g/mol. The van der Waals surface area contributed by atoms with Crippen LogP contribution in [0.25, 0.3) is 0 Å². The van der Waals surface area contributed by atoms with E-state index in [-0.39, 0.29) is 36.7 Å². The van der Waals surface area contributed by atoms with Gasteiger partial charge in [-0.3, -0.25) is 0 Å². The molecule has 2 aromatic carbocycles. The molecule has 3 rings (SSSR count). The van der Waals surface area contributed by atoms with Gasteiger partial charge in [-0.25, -0.2) is 4.98 Å². The largest absolute Gasteiger partial charge is 0.394 e. The second-order valence-electron chi connectivity index (χ2n) is 5.29. The molecule has 0 fully saturated rings. The highest BCUT2D eigenvalue weighted by molar-refractivity contribution is 5.85. The van der Waals surface area contributed by atoms with Crippen molar-refractivity contribution >= 4 is 47.8 Å². The number of anilines is 4. The standard InChI is InChI=1S/C18H19N5.2ClH/c19-15-11-14(16(20)18(21)23-15)22-17(12-7-3-1-4-8-12)13-9-5-2-6-10-13;;/h1-11,17H,20H2,(H5,19,21,22,23);2*1H. The van der Waals surface area contributed by atoms with Gasteiger partial charge in [0.15, 0.2) is 5.82 Å². The molecular weight excluding hydrogens is 357 g/mol. The molecule has 5 nitrogen and oxygen atoms in total. The number of hydrogen-bond donors (Lipinski definition) is 4. The Kier molecular flexibility index (Phi) is 7.36. The third kappa shape index (κ3) is 4.68. The number of nitrogens with two attached hydrogens (primary N) is 3. The number of benzene rings is 2. The topological polar surface area (TPSA) is 103 Å². The first-order valence-electron chi connectivity index (χ1n) is 7.33. The van der Waals surface area contributed by atoms with Crippen LogP contribution in [0.2, 0.25) is 0 Å². The van der Waals surface area contributed by atoms with Crippen molar-refractivity contribution in [3.8, 4) is 0 Å². The van der Waals surface area contributed by atoms with Crippen molar-refractivity contribution in [1.29, 1.82) is 0 Å². The average molecular weight is 378 g/mol. The number of hydrogen-bond acceptors (Lipinski definition) is 5. The normalized spacial score (nSPS) is 9.80. The summed E-state index contributed by atoms with van der Waals surface area (Å²) in [7, 11) is 0. The van der Waals surface area contributed by atoms with Gasteiger partial charge in [0.05, 0.1) is 17.4 Å². The van der Waals surface area contributed by atoms with Gasteiger partial charge in [0.2, 0.25) is 0 Å². The number of nitrogens with zero attached hydrogens (tertiary/aromatic N) is 1. The Balaban J connectivity index is 0.00000156. The van der Waals surface area contributed by atoms with E-state index in [1.54, 1.807) is 6.07 Å². The molecule has 1 aromatic heterocycles. The highest BCUT2D eigenvalue weighted by atomic mass is 35.5. The lowest BCUT2D eigenvalue weighted by Gasteiger charge is -2.22. The highest BCUT2D eigenvalue weighted by Crippen LogP contribution is 2.32. The van der Waals surface area contributed by atoms with Gasteiger partial charge in [0.25, 0.3) is 0 Å². The summed E-state index contributed by atoms with van der Waals surface area (Å²) in [6.45, 7) is 0. The first-order chi connectivity index (χ1) is 11.1. The minimum absolute atomic E-state index is 0. The van der Waals surface area contributed by atoms with Crippen LogP contribution in [-0.2, 0) is 0 Å². The predicted molar refractivity (Wildman–Crippen MR) is 110 cm³/mol. The Morgan fingerprint density at radius 3 is 1.72 bits per heavy atom. The van der Waals surface area contributed by atoms with Crippen LogP contribution in [0.15, 0.2) is 66.7 Å². The van der Waals surface area contributed by atoms with Crippen molar-refractivity contribution < 1.29 is 0 Å². The zero-order chi connectivity index (χ0) is 16.2. The van der Waals surface area contributed by atoms with Gasteiger partial charge in [0, 0.05) is 6.07 Å². The number of nitrogens with one attached hydrogen (secondary N) is 1. The van der Waals surface area contributed by atoms with E-state index in [4.69, 9.17) is 17.2 Å². The number of rotatable bonds is 4. The van der Waals surface area contributed by atoms with Gasteiger partial charge < -0.3 is 22.5 Å². The Hall–Kier alpha value is -2.63. The summed E-state index contributed by atoms with van der Waals surface area (Å²) in [4.78, 5) is 3.98. The SMILES string of the molecule is Cl.Cl.Nc1cc(NC(c2ccccc2)c2ccccc2)c(N)c(N)n1. The van der Waals surface area contributed by atoms with E-state index in [0.29, 0.717) is 17.2 Å². The molecule has 0 spiro atoms.